The van der Waals surface area contributed by atoms with Crippen molar-refractivity contribution in [1.82, 2.24) is 20.0 Å². The van der Waals surface area contributed by atoms with Crippen LogP contribution in [0.15, 0.2) is 20.8 Å². The fourth-order valence-electron chi connectivity index (χ4n) is 2.27. The number of amides is 1. The van der Waals surface area contributed by atoms with Gasteiger partial charge in [-0.15, -0.1) is 11.3 Å². The van der Waals surface area contributed by atoms with Crippen molar-refractivity contribution in [2.75, 3.05) is 7.05 Å². The number of aromatic nitrogens is 3. The number of thiophene rings is 1. The molecule has 0 unspecified atom stereocenters. The van der Waals surface area contributed by atoms with E-state index >= 15 is 0 Å². The van der Waals surface area contributed by atoms with Crippen LogP contribution < -0.4 is 5.56 Å². The van der Waals surface area contributed by atoms with E-state index < -0.39 is 0 Å². The van der Waals surface area contributed by atoms with Crippen LogP contribution in [-0.4, -0.2) is 33.0 Å². The lowest BCUT2D eigenvalue weighted by molar-refractivity contribution is 0.0779. The Labute approximate surface area is 129 Å². The molecule has 0 radical (unpaired) electrons. The van der Waals surface area contributed by atoms with E-state index in [1.54, 1.807) is 27.0 Å². The third-order valence-corrected chi connectivity index (χ3v) is 4.25. The van der Waals surface area contributed by atoms with Gasteiger partial charge in [0.2, 0.25) is 0 Å². The van der Waals surface area contributed by atoms with Crippen molar-refractivity contribution in [3.8, 4) is 0 Å². The molecule has 0 aliphatic heterocycles. The molecular formula is C14H14N4O3S. The largest absolute Gasteiger partial charge is 0.361 e. The van der Waals surface area contributed by atoms with Gasteiger partial charge in [-0.25, -0.2) is 4.98 Å². The normalized spacial score (nSPS) is 11.0. The number of fused-ring (bicyclic) bond motifs is 1. The second kappa shape index (κ2) is 5.38. The summed E-state index contributed by atoms with van der Waals surface area (Å²) in [6.07, 6.45) is 0. The summed E-state index contributed by atoms with van der Waals surface area (Å²) in [5.74, 6) is 0.701. The molecule has 0 bridgehead atoms. The lowest BCUT2D eigenvalue weighted by atomic mass is 10.2. The molecule has 7 nitrogen and oxygen atoms in total. The maximum atomic E-state index is 12.5. The van der Waals surface area contributed by atoms with E-state index in [1.165, 1.54) is 16.2 Å². The van der Waals surface area contributed by atoms with Crippen LogP contribution in [0.25, 0.3) is 10.2 Å². The molecule has 0 fully saturated rings. The highest BCUT2D eigenvalue weighted by molar-refractivity contribution is 7.17. The minimum atomic E-state index is -0.218. The number of hydrogen-bond acceptors (Lipinski definition) is 6. The molecule has 0 saturated carbocycles. The summed E-state index contributed by atoms with van der Waals surface area (Å²) in [5.41, 5.74) is 1.45. The van der Waals surface area contributed by atoms with Crippen LogP contribution in [0.1, 0.15) is 27.6 Å². The van der Waals surface area contributed by atoms with E-state index in [9.17, 15) is 9.59 Å². The van der Waals surface area contributed by atoms with Gasteiger partial charge in [0.1, 0.15) is 21.8 Å². The van der Waals surface area contributed by atoms with Crippen molar-refractivity contribution in [3.05, 3.63) is 44.6 Å². The molecule has 1 N–H and O–H groups in total. The van der Waals surface area contributed by atoms with Gasteiger partial charge in [0.25, 0.3) is 11.5 Å². The molecule has 22 heavy (non-hydrogen) atoms. The van der Waals surface area contributed by atoms with E-state index in [0.29, 0.717) is 33.1 Å². The fraction of sp³-hybridized carbons (Fsp3) is 0.286. The lowest BCUT2D eigenvalue weighted by Gasteiger charge is -2.16. The summed E-state index contributed by atoms with van der Waals surface area (Å²) in [6, 6.07) is 1.79. The zero-order valence-corrected chi connectivity index (χ0v) is 13.2. The summed E-state index contributed by atoms with van der Waals surface area (Å²) in [5, 5.41) is 5.60. The lowest BCUT2D eigenvalue weighted by Crippen LogP contribution is -2.29. The summed E-state index contributed by atoms with van der Waals surface area (Å²) in [6.45, 7) is 3.61. The van der Waals surface area contributed by atoms with Crippen molar-refractivity contribution in [2.45, 2.75) is 20.4 Å². The number of H-pyrrole nitrogens is 1. The standard InChI is InChI=1S/C14H14N4O3S/c1-7-11(8(2)21-17-7)14(20)18(3)6-10-15-9-4-5-22-12(9)13(19)16-10/h4-5H,6H2,1-3H3,(H,15,16,19). The van der Waals surface area contributed by atoms with Gasteiger partial charge < -0.3 is 14.4 Å². The monoisotopic (exact) mass is 318 g/mol. The fourth-order valence-corrected chi connectivity index (χ4v) is 3.00. The zero-order valence-electron chi connectivity index (χ0n) is 12.3. The molecule has 3 rings (SSSR count). The molecule has 3 heterocycles. The van der Waals surface area contributed by atoms with Gasteiger partial charge in [-0.2, -0.15) is 0 Å². The molecule has 0 saturated heterocycles. The van der Waals surface area contributed by atoms with Gasteiger partial charge in [0, 0.05) is 7.05 Å². The van der Waals surface area contributed by atoms with Crippen LogP contribution in [-0.2, 0) is 6.54 Å². The first-order chi connectivity index (χ1) is 10.5. The van der Waals surface area contributed by atoms with Crippen molar-refractivity contribution in [2.24, 2.45) is 0 Å². The number of carbonyl (C=O) groups excluding carboxylic acids is 1. The topological polar surface area (TPSA) is 92.1 Å². The van der Waals surface area contributed by atoms with Crippen molar-refractivity contribution in [1.29, 1.82) is 0 Å². The Balaban J connectivity index is 1.88. The first-order valence-electron chi connectivity index (χ1n) is 6.62. The SMILES string of the molecule is Cc1noc(C)c1C(=O)N(C)Cc1nc2ccsc2c(=O)[nH]1. The highest BCUT2D eigenvalue weighted by Gasteiger charge is 2.21. The van der Waals surface area contributed by atoms with Crippen molar-refractivity contribution in [3.63, 3.8) is 0 Å². The number of nitrogens with one attached hydrogen (secondary N) is 1. The Hall–Kier alpha value is -2.48. The highest BCUT2D eigenvalue weighted by atomic mass is 32.1. The minimum Gasteiger partial charge on any atom is -0.361 e. The van der Waals surface area contributed by atoms with E-state index in [-0.39, 0.29) is 18.0 Å². The van der Waals surface area contributed by atoms with Crippen LogP contribution in [0.5, 0.6) is 0 Å². The highest BCUT2D eigenvalue weighted by Crippen LogP contribution is 2.17. The third kappa shape index (κ3) is 2.41. The Morgan fingerprint density at radius 3 is 2.91 bits per heavy atom. The first-order valence-corrected chi connectivity index (χ1v) is 7.50. The van der Waals surface area contributed by atoms with E-state index in [2.05, 4.69) is 15.1 Å². The quantitative estimate of drug-likeness (QED) is 0.796. The van der Waals surface area contributed by atoms with Crippen LogP contribution in [0.4, 0.5) is 0 Å². The molecule has 0 atom stereocenters. The average molecular weight is 318 g/mol. The number of carbonyl (C=O) groups is 1. The van der Waals surface area contributed by atoms with Gasteiger partial charge >= 0.3 is 0 Å². The Bertz CT molecular complexity index is 889. The maximum Gasteiger partial charge on any atom is 0.268 e. The molecule has 0 aliphatic carbocycles. The van der Waals surface area contributed by atoms with Gasteiger partial charge in [0.15, 0.2) is 0 Å². The van der Waals surface area contributed by atoms with Crippen LogP contribution in [0.3, 0.4) is 0 Å². The van der Waals surface area contributed by atoms with Gasteiger partial charge in [-0.3, -0.25) is 9.59 Å². The van der Waals surface area contributed by atoms with Crippen LogP contribution in [0.2, 0.25) is 0 Å². The zero-order chi connectivity index (χ0) is 15.9. The third-order valence-electron chi connectivity index (χ3n) is 3.34. The number of rotatable bonds is 3. The summed E-state index contributed by atoms with van der Waals surface area (Å²) in [7, 11) is 1.64. The number of aryl methyl sites for hydroxylation is 2. The van der Waals surface area contributed by atoms with Gasteiger partial charge in [0.05, 0.1) is 17.8 Å². The Morgan fingerprint density at radius 2 is 2.23 bits per heavy atom. The maximum absolute atomic E-state index is 12.5. The summed E-state index contributed by atoms with van der Waals surface area (Å²) >= 11 is 1.34. The summed E-state index contributed by atoms with van der Waals surface area (Å²) in [4.78, 5) is 32.9. The molecule has 114 valence electrons. The molecular weight excluding hydrogens is 304 g/mol. The first kappa shape index (κ1) is 14.5. The average Bonchev–Trinajstić information content (AvgIpc) is 3.05. The van der Waals surface area contributed by atoms with Crippen molar-refractivity contribution >= 4 is 27.5 Å². The molecule has 1 amide bonds. The molecule has 0 aromatic carbocycles. The number of aromatic amines is 1. The molecule has 3 aromatic heterocycles. The molecule has 0 spiro atoms. The molecule has 3 aromatic rings. The van der Waals surface area contributed by atoms with Crippen LogP contribution in [0, 0.1) is 13.8 Å². The molecule has 8 heteroatoms. The second-order valence-electron chi connectivity index (χ2n) is 5.01. The van der Waals surface area contributed by atoms with Crippen LogP contribution >= 0.6 is 11.3 Å². The van der Waals surface area contributed by atoms with E-state index in [1.807, 2.05) is 5.38 Å². The molecule has 0 aliphatic rings. The minimum absolute atomic E-state index is 0.187. The predicted molar refractivity (Wildman–Crippen MR) is 82.0 cm³/mol. The predicted octanol–water partition coefficient (Wildman–Crippen LogP) is 1.86. The smallest absolute Gasteiger partial charge is 0.268 e. The van der Waals surface area contributed by atoms with E-state index in [4.69, 9.17) is 4.52 Å². The Kier molecular flexibility index (Phi) is 3.53. The van der Waals surface area contributed by atoms with E-state index in [0.717, 1.165) is 0 Å². The number of hydrogen-bond donors (Lipinski definition) is 1. The number of nitrogens with zero attached hydrogens (tertiary/aromatic N) is 3. The van der Waals surface area contributed by atoms with Gasteiger partial charge in [-0.1, -0.05) is 5.16 Å². The van der Waals surface area contributed by atoms with Gasteiger partial charge in [-0.05, 0) is 25.3 Å². The summed E-state index contributed by atoms with van der Waals surface area (Å²) < 4.78 is 5.60. The van der Waals surface area contributed by atoms with Crippen molar-refractivity contribution < 1.29 is 9.32 Å². The second-order valence-corrected chi connectivity index (χ2v) is 5.92. The Morgan fingerprint density at radius 1 is 1.45 bits per heavy atom.